The molecule has 8 nitrogen and oxygen atoms in total. The highest BCUT2D eigenvalue weighted by Crippen LogP contribution is 2.53. The summed E-state index contributed by atoms with van der Waals surface area (Å²) in [6.07, 6.45) is 1.81. The second-order valence-corrected chi connectivity index (χ2v) is 14.4. The average molecular weight is 675 g/mol. The molecular formula is C36H34Cl2FN5O3. The zero-order valence-corrected chi connectivity index (χ0v) is 27.8. The Morgan fingerprint density at radius 3 is 2.66 bits per heavy atom. The van der Waals surface area contributed by atoms with Gasteiger partial charge in [-0.25, -0.2) is 14.2 Å². The summed E-state index contributed by atoms with van der Waals surface area (Å²) in [5, 5.41) is 24.5. The molecular weight excluding hydrogens is 640 g/mol. The second kappa shape index (κ2) is 11.2. The minimum absolute atomic E-state index is 0.0264. The Bertz CT molecular complexity index is 2080. The number of benzene rings is 2. The lowest BCUT2D eigenvalue weighted by Crippen LogP contribution is -2.43. The summed E-state index contributed by atoms with van der Waals surface area (Å²) >= 11 is 13.0. The van der Waals surface area contributed by atoms with E-state index in [-0.39, 0.29) is 57.9 Å². The number of nitrogens with zero attached hydrogens (tertiary/aromatic N) is 4. The number of carboxylic acid groups (broad SMARTS) is 1. The number of carbonyl (C=O) groups excluding carboxylic acids is 1. The minimum Gasteiger partial charge on any atom is -0.465 e. The minimum atomic E-state index is -0.969. The Labute approximate surface area is 281 Å². The molecule has 47 heavy (non-hydrogen) atoms. The van der Waals surface area contributed by atoms with Gasteiger partial charge in [0.2, 0.25) is 5.91 Å². The molecule has 8 rings (SSSR count). The van der Waals surface area contributed by atoms with Crippen LogP contribution in [0.5, 0.6) is 0 Å². The molecule has 0 unspecified atom stereocenters. The van der Waals surface area contributed by atoms with Crippen LogP contribution in [0, 0.1) is 28.5 Å². The molecule has 2 aliphatic carbocycles. The number of fused-ring (bicyclic) bond motifs is 4. The predicted octanol–water partition coefficient (Wildman–Crippen LogP) is 8.69. The fourth-order valence-corrected chi connectivity index (χ4v) is 7.96. The summed E-state index contributed by atoms with van der Waals surface area (Å²) in [6, 6.07) is 10.2. The van der Waals surface area contributed by atoms with Crippen molar-refractivity contribution in [3.63, 3.8) is 0 Å². The fourth-order valence-electron chi connectivity index (χ4n) is 7.56. The van der Waals surface area contributed by atoms with Gasteiger partial charge in [-0.1, -0.05) is 48.8 Å². The number of nitriles is 1. The Morgan fingerprint density at radius 2 is 2.02 bits per heavy atom. The third kappa shape index (κ3) is 4.87. The largest absolute Gasteiger partial charge is 0.465 e. The van der Waals surface area contributed by atoms with Crippen molar-refractivity contribution in [3.05, 3.63) is 69.7 Å². The van der Waals surface area contributed by atoms with E-state index in [0.29, 0.717) is 39.8 Å². The van der Waals surface area contributed by atoms with Crippen LogP contribution in [0.3, 0.4) is 0 Å². The van der Waals surface area contributed by atoms with Crippen molar-refractivity contribution < 1.29 is 19.1 Å². The lowest BCUT2D eigenvalue weighted by Gasteiger charge is -2.39. The molecule has 4 heterocycles. The Hall–Kier alpha value is -4.13. The van der Waals surface area contributed by atoms with Gasteiger partial charge in [-0.2, -0.15) is 5.26 Å². The number of allylic oxidation sites excluding steroid dienone is 1. The lowest BCUT2D eigenvalue weighted by atomic mass is 9.79. The molecule has 2 bridgehead atoms. The van der Waals surface area contributed by atoms with Crippen LogP contribution in [0.25, 0.3) is 38.5 Å². The van der Waals surface area contributed by atoms with Crippen LogP contribution in [0.2, 0.25) is 10.0 Å². The van der Waals surface area contributed by atoms with E-state index in [0.717, 1.165) is 30.3 Å². The normalized spacial score (nSPS) is 21.4. The van der Waals surface area contributed by atoms with Crippen molar-refractivity contribution in [2.45, 2.75) is 71.0 Å². The zero-order chi connectivity index (χ0) is 33.5. The van der Waals surface area contributed by atoms with Crippen molar-refractivity contribution >= 4 is 62.6 Å². The van der Waals surface area contributed by atoms with E-state index in [2.05, 4.69) is 22.5 Å². The van der Waals surface area contributed by atoms with Crippen molar-refractivity contribution in [3.8, 4) is 17.2 Å². The molecule has 2 saturated heterocycles. The first kappa shape index (κ1) is 31.5. The van der Waals surface area contributed by atoms with Gasteiger partial charge in [0.25, 0.3) is 0 Å². The average Bonchev–Trinajstić information content (AvgIpc) is 3.33. The summed E-state index contributed by atoms with van der Waals surface area (Å²) in [5.74, 6) is -0.565. The Balaban J connectivity index is 1.55. The third-order valence-electron chi connectivity index (χ3n) is 10.4. The van der Waals surface area contributed by atoms with Gasteiger partial charge in [0.15, 0.2) is 5.82 Å². The number of pyridine rings is 1. The SMILES string of the molecule is C=C(C)c1nc2c(F)c(-c3cccc(Cl)c3Cl)c(CCC#N)cc2c2c1cc([C@@H](C)NC(=O)C1(C)CC1)n2[C@H]1[C@@H]2C[C@H]1N(C(=O)O)C2. The molecule has 2 N–H and O–H groups in total. The first-order valence-electron chi connectivity index (χ1n) is 15.8. The standard InChI is InChI=1S/C36H34Cl2FN5O3/c1-17(2)30-23-15-25(18(3)41-34(45)36(4)10-11-36)44(32-20-14-26(32)43(16-20)35(46)47)33(23)22-13-19(7-6-12-40)27(29(39)31(22)42-30)21-8-5-9-24(37)28(21)38/h5,8-9,13,15,18,20,26,32H,1,6-7,10-11,14,16H2,2-4H3,(H,41,45)(H,46,47)/t18-,20-,26-,32+/m1/s1. The van der Waals surface area contributed by atoms with Gasteiger partial charge < -0.3 is 19.9 Å². The molecule has 4 aromatic rings. The quantitative estimate of drug-likeness (QED) is 0.194. The molecule has 4 fully saturated rings. The van der Waals surface area contributed by atoms with Gasteiger partial charge >= 0.3 is 6.09 Å². The molecule has 4 aliphatic rings. The summed E-state index contributed by atoms with van der Waals surface area (Å²) < 4.78 is 19.3. The smallest absolute Gasteiger partial charge is 0.407 e. The highest BCUT2D eigenvalue weighted by Gasteiger charge is 2.56. The van der Waals surface area contributed by atoms with Gasteiger partial charge in [-0.15, -0.1) is 0 Å². The van der Waals surface area contributed by atoms with Crippen molar-refractivity contribution in [2.75, 3.05) is 6.54 Å². The molecule has 242 valence electrons. The lowest BCUT2D eigenvalue weighted by molar-refractivity contribution is -0.126. The molecule has 0 spiro atoms. The second-order valence-electron chi connectivity index (χ2n) is 13.6. The van der Waals surface area contributed by atoms with E-state index >= 15 is 4.39 Å². The number of halogens is 3. The number of aryl methyl sites for hydroxylation is 1. The van der Waals surface area contributed by atoms with Crippen LogP contribution >= 0.6 is 23.2 Å². The summed E-state index contributed by atoms with van der Waals surface area (Å²) in [4.78, 5) is 31.8. The summed E-state index contributed by atoms with van der Waals surface area (Å²) in [7, 11) is 0. The molecule has 2 aromatic carbocycles. The molecule has 2 amide bonds. The molecule has 11 heteroatoms. The third-order valence-corrected chi connectivity index (χ3v) is 11.2. The van der Waals surface area contributed by atoms with Gasteiger partial charge in [-0.05, 0) is 68.9 Å². The van der Waals surface area contributed by atoms with E-state index in [4.69, 9.17) is 28.2 Å². The van der Waals surface area contributed by atoms with Crippen LogP contribution in [-0.2, 0) is 11.2 Å². The topological polar surface area (TPSA) is 111 Å². The molecule has 2 aliphatic heterocycles. The van der Waals surface area contributed by atoms with E-state index in [1.165, 1.54) is 4.90 Å². The summed E-state index contributed by atoms with van der Waals surface area (Å²) in [5.41, 5.74) is 3.56. The fraction of sp³-hybridized carbons (Fsp3) is 0.389. The first-order chi connectivity index (χ1) is 22.4. The number of aromatic nitrogens is 2. The Morgan fingerprint density at radius 1 is 1.28 bits per heavy atom. The Kier molecular flexibility index (Phi) is 7.53. The maximum absolute atomic E-state index is 17.1. The number of nitrogens with one attached hydrogen (secondary N) is 1. The van der Waals surface area contributed by atoms with Crippen molar-refractivity contribution in [1.82, 2.24) is 19.8 Å². The number of amides is 2. The van der Waals surface area contributed by atoms with Gasteiger partial charge in [0.05, 0.1) is 45.5 Å². The monoisotopic (exact) mass is 673 g/mol. The van der Waals surface area contributed by atoms with E-state index in [1.807, 2.05) is 32.9 Å². The maximum atomic E-state index is 17.1. The molecule has 2 aromatic heterocycles. The van der Waals surface area contributed by atoms with Gasteiger partial charge in [-0.3, -0.25) is 4.79 Å². The number of hydrogen-bond acceptors (Lipinski definition) is 4. The number of rotatable bonds is 8. The van der Waals surface area contributed by atoms with Crippen molar-refractivity contribution in [1.29, 1.82) is 5.26 Å². The van der Waals surface area contributed by atoms with Crippen LogP contribution in [0.1, 0.15) is 75.5 Å². The number of hydrogen-bond donors (Lipinski definition) is 2. The highest BCUT2D eigenvalue weighted by molar-refractivity contribution is 6.43. The van der Waals surface area contributed by atoms with Crippen LogP contribution in [0.15, 0.2) is 36.9 Å². The molecule has 0 radical (unpaired) electrons. The van der Waals surface area contributed by atoms with Gasteiger partial charge in [0.1, 0.15) is 5.52 Å². The first-order valence-corrected chi connectivity index (χ1v) is 16.6. The van der Waals surface area contributed by atoms with Crippen LogP contribution < -0.4 is 5.32 Å². The van der Waals surface area contributed by atoms with Crippen molar-refractivity contribution in [2.24, 2.45) is 11.3 Å². The van der Waals surface area contributed by atoms with Crippen LogP contribution in [-0.4, -0.2) is 44.1 Å². The molecule has 2 saturated carbocycles. The highest BCUT2D eigenvalue weighted by atomic mass is 35.5. The van der Waals surface area contributed by atoms with E-state index < -0.39 is 23.4 Å². The van der Waals surface area contributed by atoms with Crippen LogP contribution in [0.4, 0.5) is 9.18 Å². The predicted molar refractivity (Wildman–Crippen MR) is 181 cm³/mol. The maximum Gasteiger partial charge on any atom is 0.407 e. The summed E-state index contributed by atoms with van der Waals surface area (Å²) in [6.45, 7) is 10.3. The zero-order valence-electron chi connectivity index (χ0n) is 26.3. The van der Waals surface area contributed by atoms with E-state index in [9.17, 15) is 20.0 Å². The van der Waals surface area contributed by atoms with E-state index in [1.54, 1.807) is 18.2 Å². The number of carbonyl (C=O) groups is 2. The van der Waals surface area contributed by atoms with Gasteiger partial charge in [0, 0.05) is 51.9 Å². The molecule has 4 atom stereocenters.